The van der Waals surface area contributed by atoms with Gasteiger partial charge in [-0.2, -0.15) is 0 Å². The van der Waals surface area contributed by atoms with Gasteiger partial charge in [-0.15, -0.1) is 0 Å². The van der Waals surface area contributed by atoms with Crippen molar-refractivity contribution >= 4 is 34.7 Å². The molecule has 3 aliphatic rings. The summed E-state index contributed by atoms with van der Waals surface area (Å²) in [5, 5.41) is 38.6. The number of carbonyl (C=O) groups is 6. The minimum absolute atomic E-state index is 0.000556. The van der Waals surface area contributed by atoms with Gasteiger partial charge >= 0.3 is 0 Å². The van der Waals surface area contributed by atoms with E-state index in [1.54, 1.807) is 66.7 Å². The third-order valence-electron chi connectivity index (χ3n) is 8.91. The molecular weight excluding hydrogens is 664 g/mol. The minimum Gasteiger partial charge on any atom is -0.507 e. The van der Waals surface area contributed by atoms with Crippen molar-refractivity contribution in [3.05, 3.63) is 188 Å². The van der Waals surface area contributed by atoms with Crippen molar-refractivity contribution in [2.75, 3.05) is 0 Å². The molecule has 9 rings (SSSR count). The quantitative estimate of drug-likeness (QED) is 0.134. The van der Waals surface area contributed by atoms with E-state index in [9.17, 15) is 49.2 Å². The Balaban J connectivity index is 0.000000122. The number of rotatable bonds is 0. The molecule has 0 saturated carbocycles. The van der Waals surface area contributed by atoms with E-state index in [0.717, 1.165) is 0 Å². The zero-order valence-corrected chi connectivity index (χ0v) is 26.8. The van der Waals surface area contributed by atoms with Crippen LogP contribution in [0.15, 0.2) is 121 Å². The third kappa shape index (κ3) is 5.22. The molecule has 10 heteroatoms. The van der Waals surface area contributed by atoms with Crippen LogP contribution in [0.2, 0.25) is 0 Å². The van der Waals surface area contributed by atoms with Gasteiger partial charge in [-0.05, 0) is 24.3 Å². The first-order valence-corrected chi connectivity index (χ1v) is 15.7. The zero-order valence-electron chi connectivity index (χ0n) is 26.8. The Kier molecular flexibility index (Phi) is 8.12. The summed E-state index contributed by atoms with van der Waals surface area (Å²) in [6.07, 6.45) is 0. The van der Waals surface area contributed by atoms with Crippen LogP contribution in [0.5, 0.6) is 23.0 Å². The normalized spacial score (nSPS) is 13.2. The van der Waals surface area contributed by atoms with Crippen LogP contribution in [-0.2, 0) is 0 Å². The van der Waals surface area contributed by atoms with E-state index in [2.05, 4.69) is 0 Å². The van der Waals surface area contributed by atoms with Crippen LogP contribution in [0.3, 0.4) is 0 Å². The Bertz CT molecular complexity index is 2410. The number of aromatic hydroxyl groups is 4. The third-order valence-corrected chi connectivity index (χ3v) is 8.91. The molecule has 10 nitrogen and oxygen atoms in total. The van der Waals surface area contributed by atoms with Crippen LogP contribution in [0, 0.1) is 0 Å². The average Bonchev–Trinajstić information content (AvgIpc) is 3.16. The van der Waals surface area contributed by atoms with Gasteiger partial charge in [-0.1, -0.05) is 97.1 Å². The largest absolute Gasteiger partial charge is 0.507 e. The number of phenolic OH excluding ortho intramolecular Hbond substituents is 4. The van der Waals surface area contributed by atoms with Crippen molar-refractivity contribution in [3.63, 3.8) is 0 Å². The lowest BCUT2D eigenvalue weighted by atomic mass is 9.83. The van der Waals surface area contributed by atoms with Crippen LogP contribution in [0.25, 0.3) is 0 Å². The number of ketones is 6. The molecule has 52 heavy (non-hydrogen) atoms. The lowest BCUT2D eigenvalue weighted by Gasteiger charge is -2.18. The van der Waals surface area contributed by atoms with Gasteiger partial charge in [0.05, 0.1) is 16.7 Å². The molecule has 3 aliphatic carbocycles. The Morgan fingerprint density at radius 3 is 0.923 bits per heavy atom. The van der Waals surface area contributed by atoms with Gasteiger partial charge in [0.2, 0.25) is 0 Å². The van der Waals surface area contributed by atoms with E-state index >= 15 is 0 Å². The fourth-order valence-corrected chi connectivity index (χ4v) is 6.41. The monoisotopic (exact) mass is 688 g/mol. The standard InChI is InChI=1S/2C14H8O4.C14H8O2/c15-9-5-1-3-7-11(9)14(18)8-4-2-6-10(16)12(8)13(7)17;15-10-6-5-9-11(14(10)18)13(17)8-4-2-1-3-7(8)12(9)16;15-13-9-5-1-2-6-10(9)14(16)12-8-4-3-7-11(12)13/h1-6,15-16H;1-6,15,18H;1-8H. The zero-order chi connectivity index (χ0) is 36.8. The minimum atomic E-state index is -0.541. The summed E-state index contributed by atoms with van der Waals surface area (Å²) >= 11 is 0. The fraction of sp³-hybridized carbons (Fsp3) is 0. The van der Waals surface area contributed by atoms with Crippen LogP contribution in [0.1, 0.15) is 95.5 Å². The molecule has 0 aromatic heterocycles. The van der Waals surface area contributed by atoms with Gasteiger partial charge in [-0.3, -0.25) is 28.8 Å². The van der Waals surface area contributed by atoms with E-state index in [-0.39, 0.29) is 67.8 Å². The van der Waals surface area contributed by atoms with E-state index in [4.69, 9.17) is 0 Å². The van der Waals surface area contributed by atoms with Gasteiger partial charge in [0.15, 0.2) is 46.2 Å². The summed E-state index contributed by atoms with van der Waals surface area (Å²) in [5.74, 6) is -3.20. The van der Waals surface area contributed by atoms with Crippen molar-refractivity contribution in [1.82, 2.24) is 0 Å². The maximum Gasteiger partial charge on any atom is 0.198 e. The van der Waals surface area contributed by atoms with Crippen LogP contribution in [0.4, 0.5) is 0 Å². The second kappa shape index (κ2) is 12.8. The van der Waals surface area contributed by atoms with Crippen LogP contribution in [-0.4, -0.2) is 55.1 Å². The molecular formula is C42H24O10. The summed E-state index contributed by atoms with van der Waals surface area (Å²) in [5.41, 5.74) is 2.82. The molecule has 4 N–H and O–H groups in total. The molecule has 0 fully saturated rings. The van der Waals surface area contributed by atoms with E-state index in [1.807, 2.05) is 0 Å². The van der Waals surface area contributed by atoms with Crippen molar-refractivity contribution in [1.29, 1.82) is 0 Å². The Labute approximate surface area is 294 Å². The predicted molar refractivity (Wildman–Crippen MR) is 186 cm³/mol. The highest BCUT2D eigenvalue weighted by atomic mass is 16.3. The topological polar surface area (TPSA) is 183 Å². The van der Waals surface area contributed by atoms with E-state index in [1.165, 1.54) is 54.6 Å². The number of carbonyl (C=O) groups excluding carboxylic acids is 6. The predicted octanol–water partition coefficient (Wildman–Crippen LogP) is 6.21. The Hall–Kier alpha value is -7.46. The van der Waals surface area contributed by atoms with Crippen molar-refractivity contribution in [2.24, 2.45) is 0 Å². The lowest BCUT2D eigenvalue weighted by Crippen LogP contribution is -2.20. The molecule has 0 atom stereocenters. The second-order valence-corrected chi connectivity index (χ2v) is 11.9. The van der Waals surface area contributed by atoms with E-state index in [0.29, 0.717) is 27.8 Å². The summed E-state index contributed by atoms with van der Waals surface area (Å²) < 4.78 is 0. The molecule has 0 radical (unpaired) electrons. The second-order valence-electron chi connectivity index (χ2n) is 11.9. The molecule has 6 aromatic carbocycles. The first-order chi connectivity index (χ1) is 25.0. The number of benzene rings is 6. The van der Waals surface area contributed by atoms with Gasteiger partial charge in [0.25, 0.3) is 0 Å². The average molecular weight is 689 g/mol. The molecule has 0 saturated heterocycles. The smallest absolute Gasteiger partial charge is 0.198 e. The van der Waals surface area contributed by atoms with Crippen molar-refractivity contribution in [3.8, 4) is 23.0 Å². The summed E-state index contributed by atoms with van der Waals surface area (Å²) in [6, 6.07) is 31.5. The number of fused-ring (bicyclic) bond motifs is 6. The van der Waals surface area contributed by atoms with E-state index < -0.39 is 28.8 Å². The Morgan fingerprint density at radius 2 is 0.538 bits per heavy atom. The molecule has 0 amide bonds. The lowest BCUT2D eigenvalue weighted by molar-refractivity contribution is 0.0974. The van der Waals surface area contributed by atoms with Crippen LogP contribution >= 0.6 is 0 Å². The first-order valence-electron chi connectivity index (χ1n) is 15.7. The van der Waals surface area contributed by atoms with Gasteiger partial charge in [-0.25, -0.2) is 0 Å². The molecule has 6 aromatic rings. The highest BCUT2D eigenvalue weighted by Gasteiger charge is 2.34. The fourth-order valence-electron chi connectivity index (χ4n) is 6.41. The van der Waals surface area contributed by atoms with Gasteiger partial charge in [0.1, 0.15) is 11.5 Å². The number of phenols is 4. The highest BCUT2D eigenvalue weighted by Crippen LogP contribution is 2.38. The maximum absolute atomic E-state index is 12.2. The molecule has 0 heterocycles. The van der Waals surface area contributed by atoms with Crippen molar-refractivity contribution in [2.45, 2.75) is 0 Å². The Morgan fingerprint density at radius 1 is 0.250 bits per heavy atom. The summed E-state index contributed by atoms with van der Waals surface area (Å²) in [6.45, 7) is 0. The van der Waals surface area contributed by atoms with Crippen molar-refractivity contribution < 1.29 is 49.2 Å². The maximum atomic E-state index is 12.2. The van der Waals surface area contributed by atoms with Gasteiger partial charge in [0, 0.05) is 50.1 Å². The number of hydrogen-bond donors (Lipinski definition) is 4. The summed E-state index contributed by atoms with van der Waals surface area (Å²) in [7, 11) is 0. The molecule has 0 aliphatic heterocycles. The first kappa shape index (κ1) is 33.1. The number of hydrogen-bond acceptors (Lipinski definition) is 10. The van der Waals surface area contributed by atoms with Crippen LogP contribution < -0.4 is 0 Å². The summed E-state index contributed by atoms with van der Waals surface area (Å²) in [4.78, 5) is 73.0. The van der Waals surface area contributed by atoms with Gasteiger partial charge < -0.3 is 20.4 Å². The highest BCUT2D eigenvalue weighted by molar-refractivity contribution is 6.31. The molecule has 252 valence electrons. The molecule has 0 spiro atoms. The molecule has 0 unspecified atom stereocenters. The SMILES string of the molecule is O=C1c2cccc(O)c2C(=O)c2cccc(O)c21.O=C1c2ccccc2C(=O)c2c1ccc(O)c2O.O=C1c2ccccc2C(=O)c2ccccc21. The molecule has 0 bridgehead atoms.